The maximum Gasteiger partial charge on any atom is 0.304 e. The molecule has 3 N–H and O–H groups in total. The standard InChI is InChI=1S/C11H17NO3/c1-10(2,12)11(3,6-9(13)14)8-4-5-15-7-8/h4-5,7H,6,12H2,1-3H3,(H,13,14). The van der Waals surface area contributed by atoms with Crippen molar-refractivity contribution >= 4 is 5.97 Å². The number of nitrogens with two attached hydrogens (primary N) is 1. The quantitative estimate of drug-likeness (QED) is 0.795. The fraction of sp³-hybridized carbons (Fsp3) is 0.545. The highest BCUT2D eigenvalue weighted by Gasteiger charge is 2.42. The van der Waals surface area contributed by atoms with Crippen molar-refractivity contribution in [3.63, 3.8) is 0 Å². The minimum absolute atomic E-state index is 0.0178. The molecule has 0 bridgehead atoms. The number of carboxylic acids is 1. The van der Waals surface area contributed by atoms with Crippen molar-refractivity contribution in [2.75, 3.05) is 0 Å². The fourth-order valence-electron chi connectivity index (χ4n) is 1.58. The van der Waals surface area contributed by atoms with Gasteiger partial charge in [-0.05, 0) is 25.5 Å². The summed E-state index contributed by atoms with van der Waals surface area (Å²) in [5.41, 5.74) is 5.60. The topological polar surface area (TPSA) is 76.5 Å². The number of carboxylic acid groups (broad SMARTS) is 1. The lowest BCUT2D eigenvalue weighted by Crippen LogP contribution is -2.53. The van der Waals surface area contributed by atoms with E-state index in [9.17, 15) is 4.79 Å². The molecule has 1 unspecified atom stereocenters. The van der Waals surface area contributed by atoms with Crippen molar-refractivity contribution in [3.05, 3.63) is 24.2 Å². The van der Waals surface area contributed by atoms with Crippen LogP contribution in [0.25, 0.3) is 0 Å². The van der Waals surface area contributed by atoms with Gasteiger partial charge in [-0.2, -0.15) is 0 Å². The van der Waals surface area contributed by atoms with Crippen LogP contribution in [0.4, 0.5) is 0 Å². The Morgan fingerprint density at radius 2 is 2.13 bits per heavy atom. The average molecular weight is 211 g/mol. The molecular weight excluding hydrogens is 194 g/mol. The first-order chi connectivity index (χ1) is 6.77. The third kappa shape index (κ3) is 2.21. The van der Waals surface area contributed by atoms with Crippen LogP contribution in [0.5, 0.6) is 0 Å². The van der Waals surface area contributed by atoms with Crippen LogP contribution < -0.4 is 5.73 Å². The van der Waals surface area contributed by atoms with E-state index < -0.39 is 16.9 Å². The van der Waals surface area contributed by atoms with E-state index in [2.05, 4.69) is 0 Å². The van der Waals surface area contributed by atoms with Gasteiger partial charge in [-0.15, -0.1) is 0 Å². The Bertz CT molecular complexity index is 337. The van der Waals surface area contributed by atoms with E-state index >= 15 is 0 Å². The number of hydrogen-bond donors (Lipinski definition) is 2. The zero-order valence-electron chi connectivity index (χ0n) is 9.28. The molecule has 1 rings (SSSR count). The largest absolute Gasteiger partial charge is 0.481 e. The average Bonchev–Trinajstić information content (AvgIpc) is 2.51. The summed E-state index contributed by atoms with van der Waals surface area (Å²) in [6, 6.07) is 1.76. The van der Waals surface area contributed by atoms with Crippen LogP contribution in [0.3, 0.4) is 0 Å². The molecule has 1 aromatic heterocycles. The van der Waals surface area contributed by atoms with Gasteiger partial charge in [-0.1, -0.05) is 6.92 Å². The van der Waals surface area contributed by atoms with Gasteiger partial charge in [0.2, 0.25) is 0 Å². The molecule has 4 heteroatoms. The molecule has 0 radical (unpaired) electrons. The second-order valence-corrected chi connectivity index (χ2v) is 4.64. The third-order valence-electron chi connectivity index (χ3n) is 3.09. The summed E-state index contributed by atoms with van der Waals surface area (Å²) in [7, 11) is 0. The second-order valence-electron chi connectivity index (χ2n) is 4.64. The van der Waals surface area contributed by atoms with Crippen molar-refractivity contribution < 1.29 is 14.3 Å². The molecule has 0 saturated heterocycles. The van der Waals surface area contributed by atoms with Crippen LogP contribution in [-0.4, -0.2) is 16.6 Å². The number of rotatable bonds is 4. The summed E-state index contributed by atoms with van der Waals surface area (Å²) in [4.78, 5) is 10.9. The number of carbonyl (C=O) groups is 1. The van der Waals surface area contributed by atoms with Gasteiger partial charge in [0, 0.05) is 11.0 Å². The lowest BCUT2D eigenvalue weighted by atomic mass is 9.67. The molecule has 1 aromatic rings. The SMILES string of the molecule is CC(C)(N)C(C)(CC(=O)O)c1ccoc1. The number of furan rings is 1. The summed E-state index contributed by atoms with van der Waals surface area (Å²) >= 11 is 0. The molecule has 0 saturated carbocycles. The summed E-state index contributed by atoms with van der Waals surface area (Å²) in [6.07, 6.45) is 3.06. The predicted octanol–water partition coefficient (Wildman–Crippen LogP) is 1.75. The first kappa shape index (κ1) is 11.8. The maximum atomic E-state index is 10.9. The molecule has 1 heterocycles. The predicted molar refractivity (Wildman–Crippen MR) is 56.6 cm³/mol. The molecule has 0 spiro atoms. The van der Waals surface area contributed by atoms with Gasteiger partial charge >= 0.3 is 5.97 Å². The highest BCUT2D eigenvalue weighted by Crippen LogP contribution is 2.37. The zero-order valence-corrected chi connectivity index (χ0v) is 9.28. The van der Waals surface area contributed by atoms with Gasteiger partial charge in [0.25, 0.3) is 0 Å². The van der Waals surface area contributed by atoms with Gasteiger partial charge in [0.05, 0.1) is 18.9 Å². The van der Waals surface area contributed by atoms with Crippen LogP contribution in [0.15, 0.2) is 23.0 Å². The highest BCUT2D eigenvalue weighted by molar-refractivity contribution is 5.69. The van der Waals surface area contributed by atoms with Crippen molar-refractivity contribution in [1.82, 2.24) is 0 Å². The second kappa shape index (κ2) is 3.70. The molecule has 15 heavy (non-hydrogen) atoms. The van der Waals surface area contributed by atoms with Crippen molar-refractivity contribution in [2.24, 2.45) is 5.73 Å². The van der Waals surface area contributed by atoms with E-state index in [1.165, 1.54) is 6.26 Å². The third-order valence-corrected chi connectivity index (χ3v) is 3.09. The Hall–Kier alpha value is -1.29. The number of hydrogen-bond acceptors (Lipinski definition) is 3. The molecule has 0 aliphatic rings. The lowest BCUT2D eigenvalue weighted by molar-refractivity contribution is -0.139. The van der Waals surface area contributed by atoms with Crippen LogP contribution in [0, 0.1) is 0 Å². The molecule has 0 aromatic carbocycles. The van der Waals surface area contributed by atoms with E-state index in [0.29, 0.717) is 0 Å². The molecular formula is C11H17NO3. The molecule has 4 nitrogen and oxygen atoms in total. The summed E-state index contributed by atoms with van der Waals surface area (Å²) in [5, 5.41) is 8.93. The Balaban J connectivity index is 3.13. The van der Waals surface area contributed by atoms with Crippen molar-refractivity contribution in [1.29, 1.82) is 0 Å². The fourth-order valence-corrected chi connectivity index (χ4v) is 1.58. The Labute approximate surface area is 89.1 Å². The first-order valence-electron chi connectivity index (χ1n) is 4.81. The van der Waals surface area contributed by atoms with E-state index in [-0.39, 0.29) is 6.42 Å². The van der Waals surface area contributed by atoms with Crippen LogP contribution in [0.2, 0.25) is 0 Å². The molecule has 1 atom stereocenters. The summed E-state index contributed by atoms with van der Waals surface area (Å²) < 4.78 is 4.99. The minimum Gasteiger partial charge on any atom is -0.481 e. The molecule has 84 valence electrons. The van der Waals surface area contributed by atoms with E-state index in [1.54, 1.807) is 12.3 Å². The first-order valence-corrected chi connectivity index (χ1v) is 4.81. The van der Waals surface area contributed by atoms with Gasteiger partial charge < -0.3 is 15.3 Å². The van der Waals surface area contributed by atoms with Gasteiger partial charge in [-0.3, -0.25) is 4.79 Å². The van der Waals surface area contributed by atoms with E-state index in [1.807, 2.05) is 20.8 Å². The van der Waals surface area contributed by atoms with E-state index in [0.717, 1.165) is 5.56 Å². The molecule has 0 aliphatic heterocycles. The molecule has 0 amide bonds. The van der Waals surface area contributed by atoms with Crippen molar-refractivity contribution in [3.8, 4) is 0 Å². The summed E-state index contributed by atoms with van der Waals surface area (Å²) in [6.45, 7) is 5.48. The normalized spacial score (nSPS) is 16.0. The van der Waals surface area contributed by atoms with Crippen molar-refractivity contribution in [2.45, 2.75) is 38.1 Å². The Kier molecular flexibility index (Phi) is 2.90. The van der Waals surface area contributed by atoms with Gasteiger partial charge in [0.1, 0.15) is 0 Å². The maximum absolute atomic E-state index is 10.9. The zero-order chi connectivity index (χ0) is 11.7. The van der Waals surface area contributed by atoms with Crippen LogP contribution in [-0.2, 0) is 10.2 Å². The van der Waals surface area contributed by atoms with Gasteiger partial charge in [-0.25, -0.2) is 0 Å². The Morgan fingerprint density at radius 1 is 1.53 bits per heavy atom. The summed E-state index contributed by atoms with van der Waals surface area (Å²) in [5.74, 6) is -0.864. The monoisotopic (exact) mass is 211 g/mol. The van der Waals surface area contributed by atoms with Crippen LogP contribution >= 0.6 is 0 Å². The van der Waals surface area contributed by atoms with E-state index in [4.69, 9.17) is 15.3 Å². The molecule has 0 aliphatic carbocycles. The molecule has 0 fully saturated rings. The number of aliphatic carboxylic acids is 1. The Morgan fingerprint density at radius 3 is 2.47 bits per heavy atom. The highest BCUT2D eigenvalue weighted by atomic mass is 16.4. The minimum atomic E-state index is -0.864. The smallest absolute Gasteiger partial charge is 0.304 e. The lowest BCUT2D eigenvalue weighted by Gasteiger charge is -2.40. The van der Waals surface area contributed by atoms with Crippen LogP contribution in [0.1, 0.15) is 32.8 Å². The van der Waals surface area contributed by atoms with Gasteiger partial charge in [0.15, 0.2) is 0 Å².